The van der Waals surface area contributed by atoms with Crippen molar-refractivity contribution in [1.29, 1.82) is 0 Å². The van der Waals surface area contributed by atoms with E-state index in [4.69, 9.17) is 17.4 Å². The van der Waals surface area contributed by atoms with Crippen molar-refractivity contribution in [2.75, 3.05) is 18.9 Å². The van der Waals surface area contributed by atoms with Crippen molar-refractivity contribution in [2.45, 2.75) is 6.92 Å². The summed E-state index contributed by atoms with van der Waals surface area (Å²) in [5.74, 6) is 4.59. The lowest BCUT2D eigenvalue weighted by Crippen LogP contribution is -1.96. The Balaban J connectivity index is 4.19. The highest BCUT2D eigenvalue weighted by molar-refractivity contribution is 7.59. The van der Waals surface area contributed by atoms with Gasteiger partial charge in [-0.2, -0.15) is 0 Å². The standard InChI is InChI=1S/C8H11O2P/c1-4-7-11(9,8-5-2)10-6-3/h1-2H,6-8H2,3H3. The molecule has 0 aliphatic rings. The molecule has 0 aliphatic heterocycles. The van der Waals surface area contributed by atoms with Crippen LogP contribution in [0.3, 0.4) is 0 Å². The van der Waals surface area contributed by atoms with Crippen LogP contribution in [0.2, 0.25) is 0 Å². The summed E-state index contributed by atoms with van der Waals surface area (Å²) in [5.41, 5.74) is 0. The fraction of sp³-hybridized carbons (Fsp3) is 0.500. The first-order valence-corrected chi connectivity index (χ1v) is 5.27. The highest BCUT2D eigenvalue weighted by Crippen LogP contribution is 2.45. The van der Waals surface area contributed by atoms with Gasteiger partial charge in [0.1, 0.15) is 0 Å². The minimum Gasteiger partial charge on any atom is -0.327 e. The second-order valence-electron chi connectivity index (χ2n) is 1.96. The van der Waals surface area contributed by atoms with Crippen molar-refractivity contribution in [3.63, 3.8) is 0 Å². The Labute approximate surface area is 67.8 Å². The zero-order chi connectivity index (χ0) is 8.74. The molecule has 0 aliphatic carbocycles. The maximum atomic E-state index is 11.5. The topological polar surface area (TPSA) is 26.3 Å². The van der Waals surface area contributed by atoms with Gasteiger partial charge in [0, 0.05) is 0 Å². The second-order valence-corrected chi connectivity index (χ2v) is 4.48. The van der Waals surface area contributed by atoms with Crippen molar-refractivity contribution in [3.8, 4) is 24.7 Å². The Morgan fingerprint density at radius 3 is 2.09 bits per heavy atom. The fourth-order valence-corrected chi connectivity index (χ4v) is 1.98. The van der Waals surface area contributed by atoms with Crippen LogP contribution in [0.4, 0.5) is 0 Å². The van der Waals surface area contributed by atoms with E-state index in [1.165, 1.54) is 0 Å². The summed E-state index contributed by atoms with van der Waals surface area (Å²) in [7, 11) is -2.69. The lowest BCUT2D eigenvalue weighted by atomic mass is 10.8. The van der Waals surface area contributed by atoms with Gasteiger partial charge >= 0.3 is 0 Å². The normalized spacial score (nSPS) is 10.1. The van der Waals surface area contributed by atoms with Crippen molar-refractivity contribution < 1.29 is 9.09 Å². The lowest BCUT2D eigenvalue weighted by Gasteiger charge is -2.11. The molecule has 0 saturated carbocycles. The summed E-state index contributed by atoms with van der Waals surface area (Å²) >= 11 is 0. The molecule has 0 bridgehead atoms. The van der Waals surface area contributed by atoms with Gasteiger partial charge in [0.25, 0.3) is 0 Å². The predicted molar refractivity (Wildman–Crippen MR) is 46.6 cm³/mol. The highest BCUT2D eigenvalue weighted by Gasteiger charge is 2.19. The Bertz CT molecular complexity index is 211. The van der Waals surface area contributed by atoms with Crippen LogP contribution in [0.5, 0.6) is 0 Å². The summed E-state index contributed by atoms with van der Waals surface area (Å²) in [6, 6.07) is 0. The van der Waals surface area contributed by atoms with Gasteiger partial charge in [-0.05, 0) is 6.92 Å². The first kappa shape index (κ1) is 10.3. The van der Waals surface area contributed by atoms with Gasteiger partial charge in [-0.25, -0.2) is 0 Å². The molecule has 0 radical (unpaired) electrons. The molecular formula is C8H11O2P. The third-order valence-electron chi connectivity index (χ3n) is 1.03. The van der Waals surface area contributed by atoms with E-state index in [9.17, 15) is 4.57 Å². The zero-order valence-corrected chi connectivity index (χ0v) is 7.43. The number of rotatable bonds is 4. The molecule has 0 N–H and O–H groups in total. The minimum atomic E-state index is -2.69. The lowest BCUT2D eigenvalue weighted by molar-refractivity contribution is 0.337. The van der Waals surface area contributed by atoms with Crippen LogP contribution >= 0.6 is 7.37 Å². The molecule has 0 saturated heterocycles. The van der Waals surface area contributed by atoms with E-state index in [-0.39, 0.29) is 12.3 Å². The largest absolute Gasteiger partial charge is 0.327 e. The zero-order valence-electron chi connectivity index (χ0n) is 6.54. The van der Waals surface area contributed by atoms with Gasteiger partial charge in [-0.1, -0.05) is 11.8 Å². The van der Waals surface area contributed by atoms with Crippen LogP contribution in [0.1, 0.15) is 6.92 Å². The summed E-state index contributed by atoms with van der Waals surface area (Å²) in [6.45, 7) is 2.15. The molecule has 0 spiro atoms. The SMILES string of the molecule is C#CCP(=O)(CC#C)OCC. The highest BCUT2D eigenvalue weighted by atomic mass is 31.2. The van der Waals surface area contributed by atoms with Crippen LogP contribution in [-0.4, -0.2) is 18.9 Å². The molecule has 0 fully saturated rings. The van der Waals surface area contributed by atoms with E-state index in [2.05, 4.69) is 11.8 Å². The maximum Gasteiger partial charge on any atom is 0.226 e. The predicted octanol–water partition coefficient (Wildman–Crippen LogP) is 1.57. The van der Waals surface area contributed by atoms with Crippen molar-refractivity contribution >= 4 is 7.37 Å². The van der Waals surface area contributed by atoms with E-state index in [1.807, 2.05) is 0 Å². The van der Waals surface area contributed by atoms with E-state index in [0.29, 0.717) is 6.61 Å². The molecule has 0 aromatic rings. The molecule has 0 heterocycles. The van der Waals surface area contributed by atoms with Crippen LogP contribution in [0, 0.1) is 24.7 Å². The molecule has 0 aromatic heterocycles. The van der Waals surface area contributed by atoms with Crippen molar-refractivity contribution in [1.82, 2.24) is 0 Å². The van der Waals surface area contributed by atoms with E-state index in [0.717, 1.165) is 0 Å². The van der Waals surface area contributed by atoms with Gasteiger partial charge in [-0.15, -0.1) is 12.8 Å². The Morgan fingerprint density at radius 1 is 1.36 bits per heavy atom. The summed E-state index contributed by atoms with van der Waals surface area (Å²) < 4.78 is 16.5. The average molecular weight is 170 g/mol. The number of terminal acetylenes is 2. The molecule has 3 heteroatoms. The molecule has 2 nitrogen and oxygen atoms in total. The van der Waals surface area contributed by atoms with Crippen molar-refractivity contribution in [3.05, 3.63) is 0 Å². The van der Waals surface area contributed by atoms with Gasteiger partial charge in [0.05, 0.1) is 18.9 Å². The van der Waals surface area contributed by atoms with Crippen LogP contribution in [0.25, 0.3) is 0 Å². The molecule has 11 heavy (non-hydrogen) atoms. The van der Waals surface area contributed by atoms with Gasteiger partial charge < -0.3 is 4.52 Å². The third kappa shape index (κ3) is 3.89. The van der Waals surface area contributed by atoms with E-state index in [1.54, 1.807) is 6.92 Å². The Kier molecular flexibility index (Phi) is 4.71. The Morgan fingerprint density at radius 2 is 1.82 bits per heavy atom. The smallest absolute Gasteiger partial charge is 0.226 e. The van der Waals surface area contributed by atoms with Gasteiger partial charge in [0.2, 0.25) is 7.37 Å². The molecular weight excluding hydrogens is 159 g/mol. The van der Waals surface area contributed by atoms with Crippen LogP contribution in [0.15, 0.2) is 0 Å². The van der Waals surface area contributed by atoms with E-state index < -0.39 is 7.37 Å². The maximum absolute atomic E-state index is 11.5. The average Bonchev–Trinajstić information content (AvgIpc) is 1.88. The number of hydrogen-bond donors (Lipinski definition) is 0. The molecule has 0 atom stereocenters. The summed E-state index contributed by atoms with van der Waals surface area (Å²) in [4.78, 5) is 0. The number of hydrogen-bond acceptors (Lipinski definition) is 2. The Hall–Kier alpha value is -0.690. The van der Waals surface area contributed by atoms with Gasteiger partial charge in [-0.3, -0.25) is 4.57 Å². The molecule has 0 aromatic carbocycles. The third-order valence-corrected chi connectivity index (χ3v) is 3.09. The summed E-state index contributed by atoms with van der Waals surface area (Å²) in [6.07, 6.45) is 10.3. The monoisotopic (exact) mass is 170 g/mol. The molecule has 0 amide bonds. The summed E-state index contributed by atoms with van der Waals surface area (Å²) in [5, 5.41) is 0. The van der Waals surface area contributed by atoms with Crippen LogP contribution in [-0.2, 0) is 9.09 Å². The fourth-order valence-electron chi connectivity index (χ4n) is 0.661. The molecule has 60 valence electrons. The second kappa shape index (κ2) is 5.03. The van der Waals surface area contributed by atoms with E-state index >= 15 is 0 Å². The van der Waals surface area contributed by atoms with Crippen molar-refractivity contribution in [2.24, 2.45) is 0 Å². The minimum absolute atomic E-state index is 0.130. The first-order chi connectivity index (χ1) is 5.18. The van der Waals surface area contributed by atoms with Gasteiger partial charge in [0.15, 0.2) is 0 Å². The molecule has 0 rings (SSSR count). The first-order valence-electron chi connectivity index (χ1n) is 3.28. The molecule has 0 unspecified atom stereocenters. The van der Waals surface area contributed by atoms with Crippen LogP contribution < -0.4 is 0 Å². The quantitative estimate of drug-likeness (QED) is 0.472.